The van der Waals surface area contributed by atoms with Gasteiger partial charge in [0.25, 0.3) is 0 Å². The lowest BCUT2D eigenvalue weighted by atomic mass is 10.0. The zero-order valence-corrected chi connectivity index (χ0v) is 11.5. The Hall–Kier alpha value is -2.01. The number of aromatic nitrogens is 3. The zero-order chi connectivity index (χ0) is 13.8. The van der Waals surface area contributed by atoms with Crippen molar-refractivity contribution in [2.24, 2.45) is 0 Å². The third kappa shape index (κ3) is 2.93. The molecule has 5 heteroatoms. The standard InChI is InChI=1S/C15H17N3O2/c1-11-4-2-8-16-13(11)6-7-14-17-18-15(20-14)12-5-3-9-19-10-12/h2,4,6-8,12H,3,5,9-10H2,1H3/b7-6+. The molecule has 0 saturated carbocycles. The fourth-order valence-corrected chi connectivity index (χ4v) is 2.24. The largest absolute Gasteiger partial charge is 0.421 e. The summed E-state index contributed by atoms with van der Waals surface area (Å²) in [4.78, 5) is 4.29. The van der Waals surface area contributed by atoms with Gasteiger partial charge in [0, 0.05) is 18.9 Å². The van der Waals surface area contributed by atoms with E-state index in [4.69, 9.17) is 9.15 Å². The van der Waals surface area contributed by atoms with Gasteiger partial charge in [-0.2, -0.15) is 0 Å². The van der Waals surface area contributed by atoms with Crippen molar-refractivity contribution >= 4 is 12.2 Å². The van der Waals surface area contributed by atoms with Crippen LogP contribution in [-0.4, -0.2) is 28.4 Å². The summed E-state index contributed by atoms with van der Waals surface area (Å²) in [6, 6.07) is 3.94. The van der Waals surface area contributed by atoms with E-state index in [1.54, 1.807) is 12.3 Å². The molecule has 0 radical (unpaired) electrons. The van der Waals surface area contributed by atoms with Crippen LogP contribution in [0.25, 0.3) is 12.2 Å². The Kier molecular flexibility index (Phi) is 3.87. The number of hydrogen-bond acceptors (Lipinski definition) is 5. The highest BCUT2D eigenvalue weighted by Gasteiger charge is 2.21. The van der Waals surface area contributed by atoms with Crippen molar-refractivity contribution in [3.8, 4) is 0 Å². The summed E-state index contributed by atoms with van der Waals surface area (Å²) in [5.74, 6) is 1.41. The van der Waals surface area contributed by atoms with Gasteiger partial charge in [0.1, 0.15) is 0 Å². The number of pyridine rings is 1. The second-order valence-corrected chi connectivity index (χ2v) is 4.93. The maximum Gasteiger partial charge on any atom is 0.240 e. The van der Waals surface area contributed by atoms with Gasteiger partial charge in [-0.25, -0.2) is 0 Å². The molecule has 2 aromatic heterocycles. The van der Waals surface area contributed by atoms with Gasteiger partial charge in [-0.05, 0) is 37.5 Å². The molecule has 5 nitrogen and oxygen atoms in total. The highest BCUT2D eigenvalue weighted by atomic mass is 16.5. The Morgan fingerprint density at radius 3 is 3.05 bits per heavy atom. The molecule has 0 aliphatic carbocycles. The third-order valence-corrected chi connectivity index (χ3v) is 3.40. The normalized spacial score (nSPS) is 19.6. The van der Waals surface area contributed by atoms with Crippen LogP contribution in [-0.2, 0) is 4.74 Å². The summed E-state index contributed by atoms with van der Waals surface area (Å²) in [7, 11) is 0. The van der Waals surface area contributed by atoms with Gasteiger partial charge >= 0.3 is 0 Å². The molecule has 2 aromatic rings. The molecular formula is C15H17N3O2. The SMILES string of the molecule is Cc1cccnc1/C=C/c1nnc(C2CCCOC2)o1. The molecule has 104 valence electrons. The first-order valence-corrected chi connectivity index (χ1v) is 6.84. The van der Waals surface area contributed by atoms with Crippen molar-refractivity contribution in [1.82, 2.24) is 15.2 Å². The molecule has 1 unspecified atom stereocenters. The van der Waals surface area contributed by atoms with Crippen molar-refractivity contribution in [3.63, 3.8) is 0 Å². The van der Waals surface area contributed by atoms with Crippen LogP contribution in [0.1, 0.15) is 41.8 Å². The lowest BCUT2D eigenvalue weighted by molar-refractivity contribution is 0.0724. The van der Waals surface area contributed by atoms with E-state index in [0.29, 0.717) is 18.4 Å². The highest BCUT2D eigenvalue weighted by molar-refractivity contribution is 5.65. The van der Waals surface area contributed by atoms with E-state index >= 15 is 0 Å². The number of nitrogens with zero attached hydrogens (tertiary/aromatic N) is 3. The predicted molar refractivity (Wildman–Crippen MR) is 75.0 cm³/mol. The van der Waals surface area contributed by atoms with Crippen LogP contribution in [0.5, 0.6) is 0 Å². The van der Waals surface area contributed by atoms with Crippen LogP contribution in [0.15, 0.2) is 22.7 Å². The Morgan fingerprint density at radius 1 is 1.30 bits per heavy atom. The second-order valence-electron chi connectivity index (χ2n) is 4.93. The minimum absolute atomic E-state index is 0.231. The van der Waals surface area contributed by atoms with Gasteiger partial charge < -0.3 is 9.15 Å². The van der Waals surface area contributed by atoms with Crippen molar-refractivity contribution in [2.45, 2.75) is 25.7 Å². The first kappa shape index (κ1) is 13.0. The minimum atomic E-state index is 0.231. The Bertz CT molecular complexity index is 601. The van der Waals surface area contributed by atoms with E-state index < -0.39 is 0 Å². The van der Waals surface area contributed by atoms with Crippen LogP contribution in [0, 0.1) is 6.92 Å². The van der Waals surface area contributed by atoms with Crippen LogP contribution in [0.4, 0.5) is 0 Å². The Morgan fingerprint density at radius 2 is 2.25 bits per heavy atom. The monoisotopic (exact) mass is 271 g/mol. The summed E-state index contributed by atoms with van der Waals surface area (Å²) in [5.41, 5.74) is 2.03. The summed E-state index contributed by atoms with van der Waals surface area (Å²) in [6.45, 7) is 3.52. The molecule has 0 N–H and O–H groups in total. The maximum atomic E-state index is 5.67. The molecule has 3 heterocycles. The average Bonchev–Trinajstić information content (AvgIpc) is 2.96. The van der Waals surface area contributed by atoms with Crippen molar-refractivity contribution < 1.29 is 9.15 Å². The minimum Gasteiger partial charge on any atom is -0.421 e. The quantitative estimate of drug-likeness (QED) is 0.859. The predicted octanol–water partition coefficient (Wildman–Crippen LogP) is 2.84. The molecule has 0 amide bonds. The van der Waals surface area contributed by atoms with Crippen LogP contribution >= 0.6 is 0 Å². The topological polar surface area (TPSA) is 61.0 Å². The fraction of sp³-hybridized carbons (Fsp3) is 0.400. The van der Waals surface area contributed by atoms with E-state index in [2.05, 4.69) is 15.2 Å². The van der Waals surface area contributed by atoms with Gasteiger partial charge in [0.15, 0.2) is 0 Å². The molecule has 1 atom stereocenters. The first-order chi connectivity index (χ1) is 9.83. The molecule has 1 aliphatic rings. The molecule has 1 fully saturated rings. The van der Waals surface area contributed by atoms with Gasteiger partial charge in [0.2, 0.25) is 11.8 Å². The van der Waals surface area contributed by atoms with Crippen LogP contribution < -0.4 is 0 Å². The molecule has 20 heavy (non-hydrogen) atoms. The van der Waals surface area contributed by atoms with E-state index in [1.807, 2.05) is 25.1 Å². The van der Waals surface area contributed by atoms with Crippen LogP contribution in [0.3, 0.4) is 0 Å². The van der Waals surface area contributed by atoms with Gasteiger partial charge in [0.05, 0.1) is 18.2 Å². The fourth-order valence-electron chi connectivity index (χ4n) is 2.24. The Labute approximate surface area is 117 Å². The maximum absolute atomic E-state index is 5.67. The van der Waals surface area contributed by atoms with E-state index in [-0.39, 0.29) is 5.92 Å². The summed E-state index contributed by atoms with van der Waals surface area (Å²) >= 11 is 0. The van der Waals surface area contributed by atoms with Crippen molar-refractivity contribution in [2.75, 3.05) is 13.2 Å². The third-order valence-electron chi connectivity index (χ3n) is 3.40. The molecule has 1 saturated heterocycles. The van der Waals surface area contributed by atoms with Gasteiger partial charge in [-0.1, -0.05) is 6.07 Å². The molecule has 3 rings (SSSR count). The second kappa shape index (κ2) is 5.96. The lowest BCUT2D eigenvalue weighted by Gasteiger charge is -2.18. The molecule has 0 spiro atoms. The van der Waals surface area contributed by atoms with E-state index in [1.165, 1.54) is 0 Å². The molecule has 0 aromatic carbocycles. The summed E-state index contributed by atoms with van der Waals surface area (Å²) in [5, 5.41) is 8.16. The smallest absolute Gasteiger partial charge is 0.240 e. The van der Waals surface area contributed by atoms with Gasteiger partial charge in [-0.3, -0.25) is 4.98 Å². The first-order valence-electron chi connectivity index (χ1n) is 6.84. The molecular weight excluding hydrogens is 254 g/mol. The Balaban J connectivity index is 1.72. The van der Waals surface area contributed by atoms with Crippen LogP contribution in [0.2, 0.25) is 0 Å². The molecule has 1 aliphatic heterocycles. The van der Waals surface area contributed by atoms with Crippen molar-refractivity contribution in [1.29, 1.82) is 0 Å². The van der Waals surface area contributed by atoms with Gasteiger partial charge in [-0.15, -0.1) is 10.2 Å². The lowest BCUT2D eigenvalue weighted by Crippen LogP contribution is -2.15. The molecule has 0 bridgehead atoms. The van der Waals surface area contributed by atoms with E-state index in [9.17, 15) is 0 Å². The summed E-state index contributed by atoms with van der Waals surface area (Å²) < 4.78 is 11.1. The van der Waals surface area contributed by atoms with Crippen molar-refractivity contribution in [3.05, 3.63) is 41.4 Å². The highest BCUT2D eigenvalue weighted by Crippen LogP contribution is 2.24. The zero-order valence-electron chi connectivity index (χ0n) is 11.5. The number of aryl methyl sites for hydroxylation is 1. The average molecular weight is 271 g/mol. The number of hydrogen-bond donors (Lipinski definition) is 0. The van der Waals surface area contributed by atoms with E-state index in [0.717, 1.165) is 30.7 Å². The number of rotatable bonds is 3. The summed E-state index contributed by atoms with van der Waals surface area (Å²) in [6.07, 6.45) is 7.56. The number of ether oxygens (including phenoxy) is 1.